The zero-order valence-corrected chi connectivity index (χ0v) is 16.9. The van der Waals surface area contributed by atoms with Crippen molar-refractivity contribution in [3.63, 3.8) is 0 Å². The molecule has 1 saturated carbocycles. The van der Waals surface area contributed by atoms with Gasteiger partial charge in [0.2, 0.25) is 10.0 Å². The molecule has 1 aliphatic rings. The molecule has 1 atom stereocenters. The van der Waals surface area contributed by atoms with Crippen LogP contribution in [0.3, 0.4) is 0 Å². The number of anilines is 1. The van der Waals surface area contributed by atoms with Crippen LogP contribution in [0, 0.1) is 0 Å². The van der Waals surface area contributed by atoms with Gasteiger partial charge in [-0.25, -0.2) is 13.4 Å². The van der Waals surface area contributed by atoms with Crippen LogP contribution in [0.5, 0.6) is 5.75 Å². The summed E-state index contributed by atoms with van der Waals surface area (Å²) in [5.74, 6) is 0.843. The molecule has 1 fully saturated rings. The SMILES string of the molecule is CCC(c1csc(NS(=O)(=O)C2CC2)n1)N(C)Cc1ccc(OC)cc1. The monoisotopic (exact) mass is 395 g/mol. The number of ether oxygens (including phenoxy) is 1. The molecule has 1 unspecified atom stereocenters. The fourth-order valence-corrected chi connectivity index (χ4v) is 5.30. The third-order valence-corrected chi connectivity index (χ3v) is 7.30. The van der Waals surface area contributed by atoms with Gasteiger partial charge in [0.05, 0.1) is 24.1 Å². The molecule has 8 heteroatoms. The molecule has 1 aromatic heterocycles. The Bertz CT molecular complexity index is 830. The smallest absolute Gasteiger partial charge is 0.237 e. The quantitative estimate of drug-likeness (QED) is 0.702. The standard InChI is InChI=1S/C18H25N3O3S2/c1-4-17(21(2)11-13-5-7-14(24-3)8-6-13)16-12-25-18(19-16)20-26(22,23)15-9-10-15/h5-8,12,15,17H,4,9-11H2,1-3H3,(H,19,20). The number of thiazole rings is 1. The van der Waals surface area contributed by atoms with E-state index in [2.05, 4.69) is 40.7 Å². The summed E-state index contributed by atoms with van der Waals surface area (Å²) >= 11 is 1.35. The largest absolute Gasteiger partial charge is 0.497 e. The topological polar surface area (TPSA) is 71.5 Å². The van der Waals surface area contributed by atoms with Crippen molar-refractivity contribution in [3.8, 4) is 5.75 Å². The number of hydrogen-bond donors (Lipinski definition) is 1. The summed E-state index contributed by atoms with van der Waals surface area (Å²) in [7, 11) is 0.457. The van der Waals surface area contributed by atoms with Gasteiger partial charge in [0.25, 0.3) is 0 Å². The first kappa shape index (κ1) is 19.1. The molecule has 2 aromatic rings. The predicted octanol–water partition coefficient (Wildman–Crippen LogP) is 3.64. The van der Waals surface area contributed by atoms with Crippen molar-refractivity contribution >= 4 is 26.5 Å². The van der Waals surface area contributed by atoms with Gasteiger partial charge in [-0.2, -0.15) is 0 Å². The second kappa shape index (κ2) is 7.94. The minimum atomic E-state index is -3.26. The van der Waals surface area contributed by atoms with E-state index in [1.54, 1.807) is 7.11 Å². The zero-order valence-electron chi connectivity index (χ0n) is 15.3. The number of sulfonamides is 1. The molecule has 0 saturated heterocycles. The van der Waals surface area contributed by atoms with E-state index in [-0.39, 0.29) is 11.3 Å². The normalized spacial score (nSPS) is 15.8. The summed E-state index contributed by atoms with van der Waals surface area (Å²) in [4.78, 5) is 6.77. The number of hydrogen-bond acceptors (Lipinski definition) is 6. The third-order valence-electron chi connectivity index (χ3n) is 4.57. The van der Waals surface area contributed by atoms with Gasteiger partial charge >= 0.3 is 0 Å². The Hall–Kier alpha value is -1.64. The maximum atomic E-state index is 12.1. The first-order valence-corrected chi connectivity index (χ1v) is 11.2. The number of aromatic nitrogens is 1. The summed E-state index contributed by atoms with van der Waals surface area (Å²) < 4.78 is 32.0. The molecule has 1 aromatic carbocycles. The van der Waals surface area contributed by atoms with E-state index in [9.17, 15) is 8.42 Å². The van der Waals surface area contributed by atoms with Crippen molar-refractivity contribution < 1.29 is 13.2 Å². The Morgan fingerprint density at radius 2 is 2.04 bits per heavy atom. The highest BCUT2D eigenvalue weighted by molar-refractivity contribution is 7.93. The van der Waals surface area contributed by atoms with Crippen LogP contribution >= 0.6 is 11.3 Å². The van der Waals surface area contributed by atoms with Gasteiger partial charge in [0, 0.05) is 11.9 Å². The molecule has 3 rings (SSSR count). The molecule has 26 heavy (non-hydrogen) atoms. The van der Waals surface area contributed by atoms with E-state index in [4.69, 9.17) is 4.74 Å². The van der Waals surface area contributed by atoms with E-state index in [0.29, 0.717) is 5.13 Å². The van der Waals surface area contributed by atoms with Crippen LogP contribution in [0.15, 0.2) is 29.6 Å². The van der Waals surface area contributed by atoms with Crippen molar-refractivity contribution in [3.05, 3.63) is 40.9 Å². The second-order valence-electron chi connectivity index (χ2n) is 6.61. The lowest BCUT2D eigenvalue weighted by Gasteiger charge is -2.25. The van der Waals surface area contributed by atoms with E-state index in [1.165, 1.54) is 16.9 Å². The zero-order chi connectivity index (χ0) is 18.7. The number of rotatable bonds is 9. The summed E-state index contributed by atoms with van der Waals surface area (Å²) in [5.41, 5.74) is 2.10. The van der Waals surface area contributed by atoms with Gasteiger partial charge in [-0.1, -0.05) is 19.1 Å². The summed E-state index contributed by atoms with van der Waals surface area (Å²) in [5, 5.41) is 2.17. The molecule has 1 N–H and O–H groups in total. The second-order valence-corrected chi connectivity index (χ2v) is 9.43. The molecule has 0 bridgehead atoms. The highest BCUT2D eigenvalue weighted by Gasteiger charge is 2.36. The average Bonchev–Trinajstić information content (AvgIpc) is 3.39. The summed E-state index contributed by atoms with van der Waals surface area (Å²) in [6.07, 6.45) is 2.39. The van der Waals surface area contributed by atoms with Crippen LogP contribution in [-0.2, 0) is 16.6 Å². The molecular formula is C18H25N3O3S2. The van der Waals surface area contributed by atoms with E-state index in [1.807, 2.05) is 17.5 Å². The maximum Gasteiger partial charge on any atom is 0.237 e. The molecule has 6 nitrogen and oxygen atoms in total. The first-order valence-electron chi connectivity index (χ1n) is 8.73. The maximum absolute atomic E-state index is 12.1. The summed E-state index contributed by atoms with van der Waals surface area (Å²) in [6.45, 7) is 2.89. The number of methoxy groups -OCH3 is 1. The van der Waals surface area contributed by atoms with Crippen LogP contribution < -0.4 is 9.46 Å². The molecule has 142 valence electrons. The van der Waals surface area contributed by atoms with Crippen LogP contribution in [0.4, 0.5) is 5.13 Å². The lowest BCUT2D eigenvalue weighted by molar-refractivity contribution is 0.226. The van der Waals surface area contributed by atoms with Crippen LogP contribution in [0.25, 0.3) is 0 Å². The molecule has 1 aliphatic carbocycles. The van der Waals surface area contributed by atoms with Crippen molar-refractivity contribution in [1.29, 1.82) is 0 Å². The molecule has 1 heterocycles. The minimum Gasteiger partial charge on any atom is -0.497 e. The average molecular weight is 396 g/mol. The molecule has 0 amide bonds. The van der Waals surface area contributed by atoms with Gasteiger partial charge in [-0.15, -0.1) is 11.3 Å². The fourth-order valence-electron chi connectivity index (χ4n) is 2.95. The molecule has 0 spiro atoms. The van der Waals surface area contributed by atoms with Crippen molar-refractivity contribution in [2.45, 2.75) is 44.0 Å². The minimum absolute atomic E-state index is 0.132. The van der Waals surface area contributed by atoms with Gasteiger partial charge < -0.3 is 4.74 Å². The number of nitrogens with zero attached hydrogens (tertiary/aromatic N) is 2. The van der Waals surface area contributed by atoms with Crippen LogP contribution in [0.2, 0.25) is 0 Å². The highest BCUT2D eigenvalue weighted by atomic mass is 32.2. The number of nitrogens with one attached hydrogen (secondary N) is 1. The summed E-state index contributed by atoms with van der Waals surface area (Å²) in [6, 6.07) is 8.15. The Balaban J connectivity index is 1.67. The third kappa shape index (κ3) is 4.55. The molecule has 0 radical (unpaired) electrons. The predicted molar refractivity (Wildman–Crippen MR) is 105 cm³/mol. The van der Waals surface area contributed by atoms with E-state index in [0.717, 1.165) is 37.3 Å². The first-order chi connectivity index (χ1) is 12.4. The van der Waals surface area contributed by atoms with Crippen molar-refractivity contribution in [1.82, 2.24) is 9.88 Å². The Kier molecular flexibility index (Phi) is 5.84. The van der Waals surface area contributed by atoms with Crippen LogP contribution in [-0.4, -0.2) is 37.7 Å². The van der Waals surface area contributed by atoms with Gasteiger partial charge in [-0.3, -0.25) is 9.62 Å². The van der Waals surface area contributed by atoms with Crippen LogP contribution in [0.1, 0.15) is 43.5 Å². The Labute approximate surface area is 159 Å². The van der Waals surface area contributed by atoms with E-state index < -0.39 is 10.0 Å². The lowest BCUT2D eigenvalue weighted by atomic mass is 10.1. The van der Waals surface area contributed by atoms with Crippen molar-refractivity contribution in [2.75, 3.05) is 18.9 Å². The van der Waals surface area contributed by atoms with Crippen molar-refractivity contribution in [2.24, 2.45) is 0 Å². The van der Waals surface area contributed by atoms with Gasteiger partial charge in [0.15, 0.2) is 5.13 Å². The Morgan fingerprint density at radius 3 is 2.62 bits per heavy atom. The lowest BCUT2D eigenvalue weighted by Crippen LogP contribution is -2.24. The molecule has 0 aliphatic heterocycles. The van der Waals surface area contributed by atoms with Gasteiger partial charge in [-0.05, 0) is 44.0 Å². The molecular weight excluding hydrogens is 370 g/mol. The fraction of sp³-hybridized carbons (Fsp3) is 0.500. The Morgan fingerprint density at radius 1 is 1.35 bits per heavy atom. The van der Waals surface area contributed by atoms with E-state index >= 15 is 0 Å². The highest BCUT2D eigenvalue weighted by Crippen LogP contribution is 2.32. The number of benzene rings is 1. The van der Waals surface area contributed by atoms with Gasteiger partial charge in [0.1, 0.15) is 5.75 Å².